The Hall–Kier alpha value is -2.09. The van der Waals surface area contributed by atoms with Gasteiger partial charge < -0.3 is 20.1 Å². The highest BCUT2D eigenvalue weighted by atomic mass is 32.1. The highest BCUT2D eigenvalue weighted by Gasteiger charge is 2.23. The molecule has 1 fully saturated rings. The fourth-order valence-electron chi connectivity index (χ4n) is 3.62. The van der Waals surface area contributed by atoms with Crippen LogP contribution in [0.15, 0.2) is 40.7 Å². The van der Waals surface area contributed by atoms with Crippen molar-refractivity contribution in [1.29, 1.82) is 0 Å². The van der Waals surface area contributed by atoms with Crippen LogP contribution in [-0.4, -0.2) is 63.9 Å². The van der Waals surface area contributed by atoms with Crippen LogP contribution >= 0.6 is 11.3 Å². The van der Waals surface area contributed by atoms with Crippen LogP contribution in [0.1, 0.15) is 29.0 Å². The molecular formula is C23H34N4O2S. The van der Waals surface area contributed by atoms with Crippen molar-refractivity contribution in [1.82, 2.24) is 15.5 Å². The van der Waals surface area contributed by atoms with Gasteiger partial charge >= 0.3 is 0 Å². The van der Waals surface area contributed by atoms with Crippen molar-refractivity contribution < 1.29 is 9.47 Å². The molecule has 0 amide bonds. The van der Waals surface area contributed by atoms with Crippen LogP contribution in [0.3, 0.4) is 0 Å². The molecule has 3 rings (SSSR count). The maximum absolute atomic E-state index is 5.54. The van der Waals surface area contributed by atoms with Crippen LogP contribution < -0.4 is 15.4 Å². The first-order chi connectivity index (χ1) is 14.7. The smallest absolute Gasteiger partial charge is 0.191 e. The Morgan fingerprint density at radius 2 is 2.10 bits per heavy atom. The van der Waals surface area contributed by atoms with Gasteiger partial charge in [-0.2, -0.15) is 0 Å². The Morgan fingerprint density at radius 3 is 2.80 bits per heavy atom. The van der Waals surface area contributed by atoms with Gasteiger partial charge in [0.05, 0.1) is 32.9 Å². The number of ether oxygens (including phenoxy) is 2. The summed E-state index contributed by atoms with van der Waals surface area (Å²) in [6.07, 6.45) is 0.916. The number of nitrogens with zero attached hydrogens (tertiary/aromatic N) is 2. The summed E-state index contributed by atoms with van der Waals surface area (Å²) in [6, 6.07) is 11.0. The van der Waals surface area contributed by atoms with Crippen LogP contribution in [0.25, 0.3) is 0 Å². The molecule has 0 radical (unpaired) electrons. The van der Waals surface area contributed by atoms with E-state index < -0.39 is 0 Å². The summed E-state index contributed by atoms with van der Waals surface area (Å²) in [4.78, 5) is 8.77. The highest BCUT2D eigenvalue weighted by molar-refractivity contribution is 7.10. The molecule has 6 nitrogen and oxygen atoms in total. The zero-order valence-electron chi connectivity index (χ0n) is 18.3. The number of aliphatic imine (C=N–C) groups is 1. The number of thiophene rings is 1. The predicted octanol–water partition coefficient (Wildman–Crippen LogP) is 3.24. The summed E-state index contributed by atoms with van der Waals surface area (Å²) < 4.78 is 11.0. The Morgan fingerprint density at radius 1 is 1.27 bits per heavy atom. The van der Waals surface area contributed by atoms with Gasteiger partial charge in [-0.25, -0.2) is 0 Å². The average Bonchev–Trinajstić information content (AvgIpc) is 3.30. The molecule has 30 heavy (non-hydrogen) atoms. The van der Waals surface area contributed by atoms with E-state index in [0.717, 1.165) is 69.6 Å². The summed E-state index contributed by atoms with van der Waals surface area (Å²) >= 11 is 1.81. The number of methoxy groups -OCH3 is 1. The van der Waals surface area contributed by atoms with Crippen LogP contribution in [0.2, 0.25) is 0 Å². The number of nitrogens with one attached hydrogen (secondary N) is 2. The topological polar surface area (TPSA) is 58.1 Å². The lowest BCUT2D eigenvalue weighted by Gasteiger charge is -2.33. The van der Waals surface area contributed by atoms with E-state index in [0.29, 0.717) is 6.04 Å². The lowest BCUT2D eigenvalue weighted by Crippen LogP contribution is -2.42. The molecule has 0 aliphatic carbocycles. The molecule has 1 aliphatic rings. The van der Waals surface area contributed by atoms with Crippen molar-refractivity contribution in [2.24, 2.45) is 4.99 Å². The third kappa shape index (κ3) is 6.45. The molecular weight excluding hydrogens is 396 g/mol. The molecule has 2 heterocycles. The second kappa shape index (κ2) is 11.9. The van der Waals surface area contributed by atoms with Gasteiger partial charge in [0.2, 0.25) is 0 Å². The van der Waals surface area contributed by atoms with Crippen molar-refractivity contribution in [2.45, 2.75) is 26.3 Å². The average molecular weight is 431 g/mol. The first-order valence-electron chi connectivity index (χ1n) is 10.7. The maximum Gasteiger partial charge on any atom is 0.191 e. The van der Waals surface area contributed by atoms with Gasteiger partial charge in [0.25, 0.3) is 0 Å². The van der Waals surface area contributed by atoms with Gasteiger partial charge in [0.15, 0.2) is 5.96 Å². The van der Waals surface area contributed by atoms with Crippen molar-refractivity contribution in [3.8, 4) is 5.75 Å². The number of aryl methyl sites for hydroxylation is 1. The molecule has 2 aromatic rings. The molecule has 1 unspecified atom stereocenters. The largest absolute Gasteiger partial charge is 0.496 e. The number of morpholine rings is 1. The molecule has 164 valence electrons. The summed E-state index contributed by atoms with van der Waals surface area (Å²) in [5, 5.41) is 9.01. The van der Waals surface area contributed by atoms with Crippen molar-refractivity contribution in [3.63, 3.8) is 0 Å². The van der Waals surface area contributed by atoms with Gasteiger partial charge in [-0.15, -0.1) is 11.3 Å². The standard InChI is InChI=1S/C23H34N4O2S/c1-4-24-23(25-10-9-19-8-7-18(2)21(16-19)28-3)26-17-20(22-6-5-15-30-22)27-11-13-29-14-12-27/h5-8,15-16,20H,4,9-14,17H2,1-3H3,(H2,24,25,26). The Labute approximate surface area is 184 Å². The van der Waals surface area contributed by atoms with Crippen LogP contribution in [-0.2, 0) is 11.2 Å². The molecule has 0 saturated carbocycles. The zero-order chi connectivity index (χ0) is 21.2. The molecule has 1 atom stereocenters. The van der Waals surface area contributed by atoms with E-state index in [1.165, 1.54) is 10.4 Å². The Balaban J connectivity index is 1.60. The minimum atomic E-state index is 0.297. The Kier molecular flexibility index (Phi) is 8.99. The fraction of sp³-hybridized carbons (Fsp3) is 0.522. The molecule has 1 saturated heterocycles. The molecule has 1 aliphatic heterocycles. The molecule has 1 aromatic heterocycles. The van der Waals surface area contributed by atoms with Crippen molar-refractivity contribution in [2.75, 3.05) is 53.0 Å². The third-order valence-electron chi connectivity index (χ3n) is 5.30. The monoisotopic (exact) mass is 430 g/mol. The van der Waals surface area contributed by atoms with Gasteiger partial charge in [0, 0.05) is 31.1 Å². The summed E-state index contributed by atoms with van der Waals surface area (Å²) in [5.74, 6) is 1.81. The lowest BCUT2D eigenvalue weighted by molar-refractivity contribution is 0.0186. The molecule has 0 spiro atoms. The minimum Gasteiger partial charge on any atom is -0.496 e. The predicted molar refractivity (Wildman–Crippen MR) is 125 cm³/mol. The van der Waals surface area contributed by atoms with Gasteiger partial charge in [-0.1, -0.05) is 18.2 Å². The fourth-order valence-corrected chi connectivity index (χ4v) is 4.47. The number of hydrogen-bond acceptors (Lipinski definition) is 5. The van der Waals surface area contributed by atoms with E-state index >= 15 is 0 Å². The van der Waals surface area contributed by atoms with E-state index in [9.17, 15) is 0 Å². The third-order valence-corrected chi connectivity index (χ3v) is 6.28. The molecule has 0 bridgehead atoms. The summed E-state index contributed by atoms with van der Waals surface area (Å²) in [5.41, 5.74) is 2.41. The lowest BCUT2D eigenvalue weighted by atomic mass is 10.1. The van der Waals surface area contributed by atoms with Crippen molar-refractivity contribution in [3.05, 3.63) is 51.7 Å². The molecule has 2 N–H and O–H groups in total. The summed E-state index contributed by atoms with van der Waals surface area (Å²) in [6.45, 7) is 10.1. The van der Waals surface area contributed by atoms with E-state index in [2.05, 4.69) is 65.1 Å². The second-order valence-electron chi connectivity index (χ2n) is 7.38. The number of guanidine groups is 1. The normalized spacial score (nSPS) is 16.3. The van der Waals surface area contributed by atoms with E-state index in [4.69, 9.17) is 14.5 Å². The minimum absolute atomic E-state index is 0.297. The zero-order valence-corrected chi connectivity index (χ0v) is 19.1. The van der Waals surface area contributed by atoms with Crippen LogP contribution in [0.4, 0.5) is 0 Å². The molecule has 1 aromatic carbocycles. The van der Waals surface area contributed by atoms with Gasteiger partial charge in [-0.3, -0.25) is 9.89 Å². The number of rotatable bonds is 9. The first-order valence-corrected chi connectivity index (χ1v) is 11.6. The molecule has 7 heteroatoms. The highest BCUT2D eigenvalue weighted by Crippen LogP contribution is 2.26. The van der Waals surface area contributed by atoms with Gasteiger partial charge in [-0.05, 0) is 48.9 Å². The van der Waals surface area contributed by atoms with Crippen LogP contribution in [0.5, 0.6) is 5.75 Å². The first kappa shape index (κ1) is 22.6. The Bertz CT molecular complexity index is 789. The maximum atomic E-state index is 5.54. The van der Waals surface area contributed by atoms with Crippen LogP contribution in [0, 0.1) is 6.92 Å². The van der Waals surface area contributed by atoms with Crippen molar-refractivity contribution >= 4 is 17.3 Å². The van der Waals surface area contributed by atoms with E-state index in [1.54, 1.807) is 18.4 Å². The second-order valence-corrected chi connectivity index (χ2v) is 8.36. The number of hydrogen-bond donors (Lipinski definition) is 2. The SMILES string of the molecule is CCNC(=NCC(c1cccs1)N1CCOCC1)NCCc1ccc(C)c(OC)c1. The van der Waals surface area contributed by atoms with Gasteiger partial charge in [0.1, 0.15) is 5.75 Å². The number of benzene rings is 1. The summed E-state index contributed by atoms with van der Waals surface area (Å²) in [7, 11) is 1.72. The van der Waals surface area contributed by atoms with E-state index in [1.807, 2.05) is 0 Å². The van der Waals surface area contributed by atoms with E-state index in [-0.39, 0.29) is 0 Å². The quantitative estimate of drug-likeness (QED) is 0.473.